The van der Waals surface area contributed by atoms with Crippen molar-refractivity contribution < 1.29 is 19.3 Å². The molecule has 8 nitrogen and oxygen atoms in total. The SMILES string of the molecule is CC1=CC[C@@H]2C(=O)N(N(Cc3ccc(Cl)cc3)C(=O)c3ccccc3[N+](=O)[O-])C(=O)[C@H]2C1. The van der Waals surface area contributed by atoms with Crippen LogP contribution in [0.4, 0.5) is 5.69 Å². The van der Waals surface area contributed by atoms with Crippen molar-refractivity contribution in [3.8, 4) is 0 Å². The first-order valence-corrected chi connectivity index (χ1v) is 10.5. The maximum Gasteiger partial charge on any atom is 0.282 e. The zero-order chi connectivity index (χ0) is 23.0. The number of halogens is 1. The molecule has 1 aliphatic heterocycles. The van der Waals surface area contributed by atoms with Gasteiger partial charge in [-0.25, -0.2) is 5.01 Å². The Morgan fingerprint density at radius 1 is 1.12 bits per heavy atom. The van der Waals surface area contributed by atoms with E-state index in [0.29, 0.717) is 23.4 Å². The van der Waals surface area contributed by atoms with Crippen LogP contribution in [0.5, 0.6) is 0 Å². The Hall–Kier alpha value is -3.52. The predicted molar refractivity (Wildman–Crippen MR) is 116 cm³/mol. The van der Waals surface area contributed by atoms with Crippen molar-refractivity contribution in [3.63, 3.8) is 0 Å². The van der Waals surface area contributed by atoms with Gasteiger partial charge in [-0.1, -0.05) is 47.5 Å². The molecule has 164 valence electrons. The number of benzene rings is 2. The maximum absolute atomic E-state index is 13.5. The van der Waals surface area contributed by atoms with Gasteiger partial charge in [-0.3, -0.25) is 24.5 Å². The molecule has 9 heteroatoms. The molecule has 32 heavy (non-hydrogen) atoms. The molecule has 0 bridgehead atoms. The summed E-state index contributed by atoms with van der Waals surface area (Å²) in [6.07, 6.45) is 2.80. The summed E-state index contributed by atoms with van der Waals surface area (Å²) in [6.45, 7) is 1.78. The molecule has 0 spiro atoms. The molecule has 0 N–H and O–H groups in total. The van der Waals surface area contributed by atoms with E-state index in [2.05, 4.69) is 0 Å². The van der Waals surface area contributed by atoms with Gasteiger partial charge in [0.2, 0.25) is 0 Å². The van der Waals surface area contributed by atoms with Gasteiger partial charge in [0.1, 0.15) is 5.56 Å². The normalized spacial score (nSPS) is 20.1. The molecule has 1 saturated heterocycles. The average molecular weight is 454 g/mol. The molecule has 1 heterocycles. The van der Waals surface area contributed by atoms with Gasteiger partial charge in [-0.2, -0.15) is 5.01 Å². The lowest BCUT2D eigenvalue weighted by Crippen LogP contribution is -2.50. The lowest BCUT2D eigenvalue weighted by Gasteiger charge is -2.30. The van der Waals surface area contributed by atoms with Crippen LogP contribution >= 0.6 is 11.6 Å². The standard InChI is InChI=1S/C23H20ClN3O5/c1-14-6-11-17-19(12-14)23(30)26(22(17)29)25(13-15-7-9-16(24)10-8-15)21(28)18-4-2-3-5-20(18)27(31)32/h2-10,17,19H,11-13H2,1H3/t17-,19-/m0/s1. The van der Waals surface area contributed by atoms with E-state index in [-0.39, 0.29) is 12.1 Å². The Morgan fingerprint density at radius 2 is 1.78 bits per heavy atom. The number of fused-ring (bicyclic) bond motifs is 1. The van der Waals surface area contributed by atoms with Gasteiger partial charge in [0.25, 0.3) is 23.4 Å². The number of amides is 3. The van der Waals surface area contributed by atoms with Crippen LogP contribution in [0.3, 0.4) is 0 Å². The van der Waals surface area contributed by atoms with Crippen molar-refractivity contribution in [2.24, 2.45) is 11.8 Å². The van der Waals surface area contributed by atoms with Crippen LogP contribution in [-0.4, -0.2) is 32.7 Å². The van der Waals surface area contributed by atoms with Gasteiger partial charge in [-0.15, -0.1) is 0 Å². The van der Waals surface area contributed by atoms with Crippen LogP contribution in [0.1, 0.15) is 35.7 Å². The zero-order valence-corrected chi connectivity index (χ0v) is 18.0. The number of allylic oxidation sites excluding steroid dienone is 2. The predicted octanol–water partition coefficient (Wildman–Crippen LogP) is 4.15. The molecule has 2 atom stereocenters. The van der Waals surface area contributed by atoms with Crippen molar-refractivity contribution in [3.05, 3.63) is 86.4 Å². The lowest BCUT2D eigenvalue weighted by molar-refractivity contribution is -0.385. The van der Waals surface area contributed by atoms with Crippen molar-refractivity contribution in [1.29, 1.82) is 0 Å². The highest BCUT2D eigenvalue weighted by Gasteiger charge is 2.51. The van der Waals surface area contributed by atoms with Crippen LogP contribution in [0, 0.1) is 22.0 Å². The molecule has 2 aromatic carbocycles. The second-order valence-electron chi connectivity index (χ2n) is 7.96. The van der Waals surface area contributed by atoms with Gasteiger partial charge in [0.05, 0.1) is 23.3 Å². The number of nitro groups is 1. The van der Waals surface area contributed by atoms with Crippen molar-refractivity contribution in [1.82, 2.24) is 10.0 Å². The fraction of sp³-hybridized carbons (Fsp3) is 0.261. The summed E-state index contributed by atoms with van der Waals surface area (Å²) in [7, 11) is 0. The number of nitrogens with zero attached hydrogens (tertiary/aromatic N) is 3. The average Bonchev–Trinajstić information content (AvgIpc) is 3.02. The Labute approximate surface area is 189 Å². The minimum absolute atomic E-state index is 0.120. The summed E-state index contributed by atoms with van der Waals surface area (Å²) in [5.74, 6) is -2.81. The Morgan fingerprint density at radius 3 is 2.47 bits per heavy atom. The molecular weight excluding hydrogens is 434 g/mol. The summed E-state index contributed by atoms with van der Waals surface area (Å²) in [4.78, 5) is 50.9. The molecule has 3 amide bonds. The Bertz CT molecular complexity index is 1140. The third-order valence-corrected chi connectivity index (χ3v) is 6.10. The summed E-state index contributed by atoms with van der Waals surface area (Å²) >= 11 is 5.95. The molecule has 2 aromatic rings. The van der Waals surface area contributed by atoms with E-state index in [9.17, 15) is 24.5 Å². The van der Waals surface area contributed by atoms with Crippen molar-refractivity contribution in [2.45, 2.75) is 26.3 Å². The quantitative estimate of drug-likeness (QED) is 0.293. The second-order valence-corrected chi connectivity index (χ2v) is 8.39. The number of rotatable bonds is 5. The number of para-hydroxylation sites is 1. The molecule has 1 fully saturated rings. The number of carbonyl (C=O) groups excluding carboxylic acids is 3. The number of imide groups is 1. The maximum atomic E-state index is 13.5. The molecule has 4 rings (SSSR count). The van der Waals surface area contributed by atoms with Crippen LogP contribution in [-0.2, 0) is 16.1 Å². The number of carbonyl (C=O) groups is 3. The van der Waals surface area contributed by atoms with E-state index in [1.165, 1.54) is 24.3 Å². The van der Waals surface area contributed by atoms with Gasteiger partial charge in [-0.05, 0) is 43.5 Å². The van der Waals surface area contributed by atoms with E-state index < -0.39 is 40.2 Å². The molecule has 0 radical (unpaired) electrons. The van der Waals surface area contributed by atoms with E-state index in [0.717, 1.165) is 15.6 Å². The van der Waals surface area contributed by atoms with Gasteiger partial charge in [0, 0.05) is 11.1 Å². The van der Waals surface area contributed by atoms with Gasteiger partial charge >= 0.3 is 0 Å². The first kappa shape index (κ1) is 21.7. The molecular formula is C23H20ClN3O5. The summed E-state index contributed by atoms with van der Waals surface area (Å²) in [5.41, 5.74) is 1.04. The summed E-state index contributed by atoms with van der Waals surface area (Å²) in [6, 6.07) is 12.1. The van der Waals surface area contributed by atoms with Crippen molar-refractivity contribution in [2.75, 3.05) is 0 Å². The number of hydrogen-bond donors (Lipinski definition) is 0. The Kier molecular flexibility index (Phi) is 5.80. The van der Waals surface area contributed by atoms with Crippen LogP contribution in [0.25, 0.3) is 0 Å². The largest absolute Gasteiger partial charge is 0.282 e. The third kappa shape index (κ3) is 3.89. The number of nitro benzene ring substituents is 1. The fourth-order valence-electron chi connectivity index (χ4n) is 4.21. The monoisotopic (exact) mass is 453 g/mol. The third-order valence-electron chi connectivity index (χ3n) is 5.85. The minimum atomic E-state index is -0.794. The van der Waals surface area contributed by atoms with Crippen LogP contribution in [0.2, 0.25) is 5.02 Å². The number of hydrogen-bond acceptors (Lipinski definition) is 5. The highest BCUT2D eigenvalue weighted by atomic mass is 35.5. The van der Waals surface area contributed by atoms with Crippen LogP contribution in [0.15, 0.2) is 60.2 Å². The molecule has 0 unspecified atom stereocenters. The molecule has 0 saturated carbocycles. The van der Waals surface area contributed by atoms with Gasteiger partial charge < -0.3 is 0 Å². The highest BCUT2D eigenvalue weighted by molar-refractivity contribution is 6.30. The topological polar surface area (TPSA) is 101 Å². The van der Waals surface area contributed by atoms with E-state index in [4.69, 9.17) is 11.6 Å². The fourth-order valence-corrected chi connectivity index (χ4v) is 4.33. The van der Waals surface area contributed by atoms with E-state index >= 15 is 0 Å². The highest BCUT2D eigenvalue weighted by Crippen LogP contribution is 2.39. The van der Waals surface area contributed by atoms with E-state index in [1.807, 2.05) is 13.0 Å². The Balaban J connectivity index is 1.76. The summed E-state index contributed by atoms with van der Waals surface area (Å²) < 4.78 is 0. The second kappa shape index (κ2) is 8.55. The lowest BCUT2D eigenvalue weighted by atomic mass is 9.82. The van der Waals surface area contributed by atoms with Crippen molar-refractivity contribution >= 4 is 35.0 Å². The number of hydrazine groups is 1. The first-order chi connectivity index (χ1) is 15.3. The minimum Gasteiger partial charge on any atom is -0.272 e. The summed E-state index contributed by atoms with van der Waals surface area (Å²) in [5, 5.41) is 13.9. The zero-order valence-electron chi connectivity index (χ0n) is 17.2. The molecule has 1 aliphatic carbocycles. The van der Waals surface area contributed by atoms with Crippen LogP contribution < -0.4 is 0 Å². The smallest absolute Gasteiger partial charge is 0.272 e. The molecule has 0 aromatic heterocycles. The molecule has 2 aliphatic rings. The first-order valence-electron chi connectivity index (χ1n) is 10.1. The van der Waals surface area contributed by atoms with Gasteiger partial charge in [0.15, 0.2) is 0 Å². The van der Waals surface area contributed by atoms with E-state index in [1.54, 1.807) is 24.3 Å².